The molecular formula is C16H25ClN2. The molecule has 7 rings (SSSR count). The van der Waals surface area contributed by atoms with Gasteiger partial charge in [-0.15, -0.1) is 0 Å². The van der Waals surface area contributed by atoms with Crippen molar-refractivity contribution in [1.82, 2.24) is 4.84 Å². The highest BCUT2D eigenvalue weighted by atomic mass is 35.5. The lowest BCUT2D eigenvalue weighted by Gasteiger charge is -2.81. The van der Waals surface area contributed by atoms with Gasteiger partial charge in [-0.25, -0.2) is 4.84 Å². The van der Waals surface area contributed by atoms with Gasteiger partial charge < -0.3 is 5.73 Å². The van der Waals surface area contributed by atoms with Crippen molar-refractivity contribution in [3.8, 4) is 0 Å². The van der Waals surface area contributed by atoms with Gasteiger partial charge in [0.15, 0.2) is 0 Å². The summed E-state index contributed by atoms with van der Waals surface area (Å²) in [5.74, 6) is 2.91. The van der Waals surface area contributed by atoms with E-state index in [9.17, 15) is 0 Å². The van der Waals surface area contributed by atoms with Crippen molar-refractivity contribution in [3.63, 3.8) is 0 Å². The minimum Gasteiger partial charge on any atom is -0.325 e. The summed E-state index contributed by atoms with van der Waals surface area (Å²) in [5.41, 5.74) is 8.39. The van der Waals surface area contributed by atoms with Crippen molar-refractivity contribution in [2.75, 3.05) is 0 Å². The molecule has 0 aromatic rings. The van der Waals surface area contributed by atoms with Crippen LogP contribution in [0.25, 0.3) is 0 Å². The van der Waals surface area contributed by atoms with E-state index in [0.29, 0.717) is 10.8 Å². The molecule has 2 nitrogen and oxygen atoms in total. The third-order valence-corrected chi connectivity index (χ3v) is 8.51. The Labute approximate surface area is 120 Å². The van der Waals surface area contributed by atoms with Crippen molar-refractivity contribution < 1.29 is 0 Å². The zero-order valence-corrected chi connectivity index (χ0v) is 12.8. The zero-order valence-electron chi connectivity index (χ0n) is 12.0. The normalized spacial score (nSPS) is 72.0. The summed E-state index contributed by atoms with van der Waals surface area (Å²) in [6.07, 6.45) is 7.99. The van der Waals surface area contributed by atoms with E-state index in [2.05, 4.69) is 18.7 Å². The molecule has 3 heteroatoms. The molecule has 0 saturated heterocycles. The standard InChI is InChI=1S/C16H25ClN2/c1-13-5-11-9-3-14(2)4-10(15(9,18)7-13)12(6-13)16(11,8-14)19-17/h9-12,19H,3-8,18H2,1-2H3. The van der Waals surface area contributed by atoms with Crippen LogP contribution in [-0.2, 0) is 0 Å². The molecule has 4 atom stereocenters. The second kappa shape index (κ2) is 2.89. The molecule has 7 aliphatic carbocycles. The van der Waals surface area contributed by atoms with Crippen molar-refractivity contribution >= 4 is 11.8 Å². The number of hydrogen-bond donors (Lipinski definition) is 2. The van der Waals surface area contributed by atoms with Crippen LogP contribution in [0.3, 0.4) is 0 Å². The van der Waals surface area contributed by atoms with Gasteiger partial charge in [0, 0.05) is 11.1 Å². The Morgan fingerprint density at radius 3 is 1.89 bits per heavy atom. The second-order valence-corrected chi connectivity index (χ2v) is 9.65. The highest BCUT2D eigenvalue weighted by molar-refractivity contribution is 6.14. The van der Waals surface area contributed by atoms with Crippen molar-refractivity contribution in [2.24, 2.45) is 40.2 Å². The molecule has 19 heavy (non-hydrogen) atoms. The van der Waals surface area contributed by atoms with Gasteiger partial charge in [0.05, 0.1) is 0 Å². The number of nitrogens with two attached hydrogens (primary N) is 1. The van der Waals surface area contributed by atoms with Crippen LogP contribution in [0.2, 0.25) is 0 Å². The summed E-state index contributed by atoms with van der Waals surface area (Å²) in [5, 5.41) is 0. The Morgan fingerprint density at radius 1 is 0.895 bits per heavy atom. The number of rotatable bonds is 1. The molecule has 0 amide bonds. The van der Waals surface area contributed by atoms with Crippen LogP contribution in [0.1, 0.15) is 52.4 Å². The second-order valence-electron chi connectivity index (χ2n) is 9.46. The van der Waals surface area contributed by atoms with Gasteiger partial charge in [-0.2, -0.15) is 0 Å². The van der Waals surface area contributed by atoms with E-state index in [1.54, 1.807) is 0 Å². The van der Waals surface area contributed by atoms with Crippen molar-refractivity contribution in [3.05, 3.63) is 0 Å². The summed E-state index contributed by atoms with van der Waals surface area (Å²) < 4.78 is 0. The topological polar surface area (TPSA) is 38.0 Å². The van der Waals surface area contributed by atoms with Gasteiger partial charge in [-0.1, -0.05) is 13.8 Å². The average molecular weight is 281 g/mol. The Morgan fingerprint density at radius 2 is 1.37 bits per heavy atom. The highest BCUT2D eigenvalue weighted by Gasteiger charge is 2.78. The van der Waals surface area contributed by atoms with E-state index in [0.717, 1.165) is 23.7 Å². The summed E-state index contributed by atoms with van der Waals surface area (Å²) in [6.45, 7) is 4.98. The van der Waals surface area contributed by atoms with Crippen molar-refractivity contribution in [1.29, 1.82) is 0 Å². The van der Waals surface area contributed by atoms with Crippen LogP contribution in [0, 0.1) is 34.5 Å². The van der Waals surface area contributed by atoms with Gasteiger partial charge in [0.1, 0.15) is 0 Å². The fourth-order valence-corrected chi connectivity index (χ4v) is 8.40. The molecular weight excluding hydrogens is 256 g/mol. The summed E-state index contributed by atoms with van der Waals surface area (Å²) >= 11 is 6.35. The number of halogens is 1. The van der Waals surface area contributed by atoms with Gasteiger partial charge in [-0.3, -0.25) is 0 Å². The SMILES string of the molecule is CC12CC3C4CC5(C)CC(C(C1)C3(NCl)C5)C4(N)C2. The maximum absolute atomic E-state index is 7.04. The third-order valence-electron chi connectivity index (χ3n) is 8.15. The predicted octanol–water partition coefficient (Wildman–Crippen LogP) is 3.05. The molecule has 0 radical (unpaired) electrons. The first-order valence-electron chi connectivity index (χ1n) is 8.01. The van der Waals surface area contributed by atoms with Crippen molar-refractivity contribution in [2.45, 2.75) is 63.5 Å². The molecule has 0 aromatic carbocycles. The zero-order chi connectivity index (χ0) is 13.3. The number of hydrogen-bond acceptors (Lipinski definition) is 2. The summed E-state index contributed by atoms with van der Waals surface area (Å²) in [7, 11) is 0. The fraction of sp³-hybridized carbons (Fsp3) is 1.00. The first kappa shape index (κ1) is 11.8. The first-order valence-corrected chi connectivity index (χ1v) is 8.39. The van der Waals surface area contributed by atoms with Gasteiger partial charge in [0.25, 0.3) is 0 Å². The Bertz CT molecular complexity index is 449. The Kier molecular flexibility index (Phi) is 1.80. The highest BCUT2D eigenvalue weighted by Crippen LogP contribution is 2.78. The van der Waals surface area contributed by atoms with Gasteiger partial charge in [-0.05, 0) is 84.8 Å². The van der Waals surface area contributed by atoms with Crippen LogP contribution < -0.4 is 10.6 Å². The van der Waals surface area contributed by atoms with E-state index in [4.69, 9.17) is 17.5 Å². The summed E-state index contributed by atoms with van der Waals surface area (Å²) in [6, 6.07) is 0. The van der Waals surface area contributed by atoms with E-state index >= 15 is 0 Å². The molecule has 4 unspecified atom stereocenters. The molecule has 106 valence electrons. The molecule has 0 spiro atoms. The van der Waals surface area contributed by atoms with E-state index in [-0.39, 0.29) is 11.1 Å². The Hall–Kier alpha value is 0.210. The average Bonchev–Trinajstić information content (AvgIpc) is 2.33. The molecule has 0 heterocycles. The third kappa shape index (κ3) is 1.06. The largest absolute Gasteiger partial charge is 0.325 e. The van der Waals surface area contributed by atoms with E-state index in [1.807, 2.05) is 0 Å². The minimum atomic E-state index is 0.137. The van der Waals surface area contributed by atoms with Gasteiger partial charge in [0.2, 0.25) is 0 Å². The maximum atomic E-state index is 7.04. The molecule has 3 N–H and O–H groups in total. The van der Waals surface area contributed by atoms with Crippen LogP contribution in [0.15, 0.2) is 0 Å². The first-order chi connectivity index (χ1) is 8.84. The maximum Gasteiger partial charge on any atom is 0.0400 e. The summed E-state index contributed by atoms with van der Waals surface area (Å²) in [4.78, 5) is 3.33. The molecule has 7 aliphatic rings. The molecule has 7 fully saturated rings. The Balaban J connectivity index is 1.75. The number of nitrogens with one attached hydrogen (secondary N) is 1. The fourth-order valence-electron chi connectivity index (χ4n) is 8.05. The quantitative estimate of drug-likeness (QED) is 0.725. The van der Waals surface area contributed by atoms with Gasteiger partial charge >= 0.3 is 0 Å². The van der Waals surface area contributed by atoms with Crippen LogP contribution in [0.5, 0.6) is 0 Å². The van der Waals surface area contributed by atoms with Crippen LogP contribution in [0.4, 0.5) is 0 Å². The molecule has 0 aliphatic heterocycles. The lowest BCUT2D eigenvalue weighted by atomic mass is 9.27. The van der Waals surface area contributed by atoms with E-state index < -0.39 is 0 Å². The lowest BCUT2D eigenvalue weighted by Crippen LogP contribution is -2.85. The smallest absolute Gasteiger partial charge is 0.0400 e. The molecule has 7 saturated carbocycles. The molecule has 8 bridgehead atoms. The van der Waals surface area contributed by atoms with E-state index in [1.165, 1.54) is 38.5 Å². The predicted molar refractivity (Wildman–Crippen MR) is 76.5 cm³/mol. The lowest BCUT2D eigenvalue weighted by molar-refractivity contribution is -0.273. The van der Waals surface area contributed by atoms with Crippen LogP contribution in [-0.4, -0.2) is 11.1 Å². The molecule has 0 aromatic heterocycles. The van der Waals surface area contributed by atoms with Crippen LogP contribution >= 0.6 is 11.8 Å². The monoisotopic (exact) mass is 280 g/mol. The minimum absolute atomic E-state index is 0.137.